The van der Waals surface area contributed by atoms with Gasteiger partial charge in [-0.05, 0) is 36.6 Å². The fraction of sp³-hybridized carbons (Fsp3) is 0.300. The Morgan fingerprint density at radius 3 is 3.09 bits per heavy atom. The molecule has 0 saturated heterocycles. The van der Waals surface area contributed by atoms with E-state index in [2.05, 4.69) is 30.4 Å². The molecule has 1 nitrogen and oxygen atoms in total. The third-order valence-corrected chi connectivity index (χ3v) is 2.24. The zero-order valence-electron chi connectivity index (χ0n) is 6.56. The molecule has 0 fully saturated rings. The first-order chi connectivity index (χ1) is 5.38. The molecule has 1 radical (unpaired) electrons. The average molecular weight is 146 g/mol. The van der Waals surface area contributed by atoms with Gasteiger partial charge < -0.3 is 5.32 Å². The van der Waals surface area contributed by atoms with Crippen LogP contribution in [0.4, 0.5) is 0 Å². The van der Waals surface area contributed by atoms with Crippen LogP contribution in [0.3, 0.4) is 0 Å². The highest BCUT2D eigenvalue weighted by Crippen LogP contribution is 2.16. The summed E-state index contributed by atoms with van der Waals surface area (Å²) in [6.45, 7) is 6.10. The van der Waals surface area contributed by atoms with Crippen molar-refractivity contribution in [2.24, 2.45) is 0 Å². The fourth-order valence-corrected chi connectivity index (χ4v) is 1.59. The molecule has 0 bridgehead atoms. The first-order valence-corrected chi connectivity index (χ1v) is 4.01. The summed E-state index contributed by atoms with van der Waals surface area (Å²) in [7, 11) is 0. The Kier molecular flexibility index (Phi) is 1.66. The Balaban J connectivity index is 2.49. The van der Waals surface area contributed by atoms with Crippen LogP contribution < -0.4 is 5.32 Å². The van der Waals surface area contributed by atoms with Crippen LogP contribution in [0.5, 0.6) is 0 Å². The number of nitrogens with one attached hydrogen (secondary N) is 1. The summed E-state index contributed by atoms with van der Waals surface area (Å²) in [5.74, 6) is 0. The molecule has 0 aliphatic carbocycles. The van der Waals surface area contributed by atoms with E-state index in [-0.39, 0.29) is 0 Å². The summed E-state index contributed by atoms with van der Waals surface area (Å²) in [5.41, 5.74) is 4.05. The number of fused-ring (bicyclic) bond motifs is 1. The summed E-state index contributed by atoms with van der Waals surface area (Å²) in [6, 6.07) is 6.36. The minimum Gasteiger partial charge on any atom is -0.312 e. The van der Waals surface area contributed by atoms with Crippen molar-refractivity contribution in [1.82, 2.24) is 5.32 Å². The van der Waals surface area contributed by atoms with Gasteiger partial charge in [-0.3, -0.25) is 0 Å². The lowest BCUT2D eigenvalue weighted by Crippen LogP contribution is -2.24. The van der Waals surface area contributed by atoms with Crippen molar-refractivity contribution in [2.75, 3.05) is 6.54 Å². The van der Waals surface area contributed by atoms with E-state index in [9.17, 15) is 0 Å². The lowest BCUT2D eigenvalue weighted by molar-refractivity contribution is 0.642. The lowest BCUT2D eigenvalue weighted by Gasteiger charge is -2.18. The maximum atomic E-state index is 3.99. The van der Waals surface area contributed by atoms with Crippen molar-refractivity contribution >= 4 is 0 Å². The first-order valence-electron chi connectivity index (χ1n) is 4.01. The van der Waals surface area contributed by atoms with E-state index in [0.717, 1.165) is 19.5 Å². The lowest BCUT2D eigenvalue weighted by atomic mass is 9.97. The van der Waals surface area contributed by atoms with Crippen molar-refractivity contribution in [3.63, 3.8) is 0 Å². The molecule has 1 aliphatic heterocycles. The largest absolute Gasteiger partial charge is 0.312 e. The monoisotopic (exact) mass is 146 g/mol. The van der Waals surface area contributed by atoms with Crippen molar-refractivity contribution in [1.29, 1.82) is 0 Å². The molecule has 0 spiro atoms. The molecule has 1 heteroatoms. The second kappa shape index (κ2) is 2.67. The van der Waals surface area contributed by atoms with Gasteiger partial charge in [-0.25, -0.2) is 0 Å². The van der Waals surface area contributed by atoms with Crippen LogP contribution in [0, 0.1) is 6.92 Å². The van der Waals surface area contributed by atoms with Crippen molar-refractivity contribution in [3.05, 3.63) is 41.8 Å². The van der Waals surface area contributed by atoms with Crippen LogP contribution in [0.15, 0.2) is 18.2 Å². The summed E-state index contributed by atoms with van der Waals surface area (Å²) < 4.78 is 0. The standard InChI is InChI=1S/C10H12N/c1-8-3-2-4-9-5-6-11-7-10(8)9/h2-4,11H,1,5-7H2. The minimum absolute atomic E-state index is 0.995. The van der Waals surface area contributed by atoms with Crippen LogP contribution in [-0.4, -0.2) is 6.54 Å². The Morgan fingerprint density at radius 2 is 2.27 bits per heavy atom. The van der Waals surface area contributed by atoms with Gasteiger partial charge in [0.25, 0.3) is 0 Å². The normalized spacial score (nSPS) is 16.1. The molecule has 1 aromatic carbocycles. The predicted molar refractivity (Wildman–Crippen MR) is 46.3 cm³/mol. The quantitative estimate of drug-likeness (QED) is 0.585. The van der Waals surface area contributed by atoms with E-state index in [4.69, 9.17) is 0 Å². The van der Waals surface area contributed by atoms with E-state index in [1.807, 2.05) is 0 Å². The third-order valence-electron chi connectivity index (χ3n) is 2.24. The van der Waals surface area contributed by atoms with Gasteiger partial charge >= 0.3 is 0 Å². The fourth-order valence-electron chi connectivity index (χ4n) is 1.59. The maximum Gasteiger partial charge on any atom is 0.0211 e. The van der Waals surface area contributed by atoms with E-state index in [0.29, 0.717) is 0 Å². The molecular formula is C10H12N. The van der Waals surface area contributed by atoms with Gasteiger partial charge in [0.05, 0.1) is 0 Å². The topological polar surface area (TPSA) is 12.0 Å². The van der Waals surface area contributed by atoms with Crippen LogP contribution in [0.1, 0.15) is 16.7 Å². The molecule has 1 aromatic rings. The Bertz CT molecular complexity index is 266. The number of rotatable bonds is 0. The zero-order chi connectivity index (χ0) is 7.68. The number of hydrogen-bond donors (Lipinski definition) is 1. The number of benzene rings is 1. The van der Waals surface area contributed by atoms with Gasteiger partial charge in [0.1, 0.15) is 0 Å². The molecule has 57 valence electrons. The average Bonchev–Trinajstić information content (AvgIpc) is 2.06. The van der Waals surface area contributed by atoms with Crippen molar-refractivity contribution in [3.8, 4) is 0 Å². The summed E-state index contributed by atoms with van der Waals surface area (Å²) in [5, 5.41) is 3.34. The van der Waals surface area contributed by atoms with Gasteiger partial charge in [-0.15, -0.1) is 0 Å². The molecule has 1 aliphatic rings. The SMILES string of the molecule is [CH2]c1cccc2c1CNCC2. The Hall–Kier alpha value is -0.820. The smallest absolute Gasteiger partial charge is 0.0211 e. The van der Waals surface area contributed by atoms with Crippen LogP contribution in [0.2, 0.25) is 0 Å². The third kappa shape index (κ3) is 1.16. The highest BCUT2D eigenvalue weighted by atomic mass is 14.9. The highest BCUT2D eigenvalue weighted by molar-refractivity contribution is 5.38. The van der Waals surface area contributed by atoms with Crippen LogP contribution in [0.25, 0.3) is 0 Å². The molecule has 11 heavy (non-hydrogen) atoms. The molecule has 0 unspecified atom stereocenters. The number of hydrogen-bond acceptors (Lipinski definition) is 1. The van der Waals surface area contributed by atoms with Crippen LogP contribution >= 0.6 is 0 Å². The first kappa shape index (κ1) is 6.86. The minimum atomic E-state index is 0.995. The summed E-state index contributed by atoms with van der Waals surface area (Å²) in [4.78, 5) is 0. The maximum absolute atomic E-state index is 3.99. The van der Waals surface area contributed by atoms with Gasteiger partial charge in [0.15, 0.2) is 0 Å². The van der Waals surface area contributed by atoms with Gasteiger partial charge in [-0.1, -0.05) is 18.2 Å². The van der Waals surface area contributed by atoms with Crippen LogP contribution in [-0.2, 0) is 13.0 Å². The van der Waals surface area contributed by atoms with E-state index < -0.39 is 0 Å². The predicted octanol–water partition coefficient (Wildman–Crippen LogP) is 1.51. The highest BCUT2D eigenvalue weighted by Gasteiger charge is 2.08. The Labute approximate surface area is 67.4 Å². The second-order valence-corrected chi connectivity index (χ2v) is 2.98. The van der Waals surface area contributed by atoms with Gasteiger partial charge in [0.2, 0.25) is 0 Å². The molecule has 0 saturated carbocycles. The molecule has 0 atom stereocenters. The molecular weight excluding hydrogens is 134 g/mol. The van der Waals surface area contributed by atoms with E-state index in [1.165, 1.54) is 16.7 Å². The van der Waals surface area contributed by atoms with E-state index >= 15 is 0 Å². The summed E-state index contributed by atoms with van der Waals surface area (Å²) >= 11 is 0. The van der Waals surface area contributed by atoms with Crippen molar-refractivity contribution in [2.45, 2.75) is 13.0 Å². The molecule has 1 N–H and O–H groups in total. The van der Waals surface area contributed by atoms with Gasteiger partial charge in [0, 0.05) is 6.54 Å². The molecule has 1 heterocycles. The molecule has 2 rings (SSSR count). The van der Waals surface area contributed by atoms with Crippen molar-refractivity contribution < 1.29 is 0 Å². The second-order valence-electron chi connectivity index (χ2n) is 2.98. The van der Waals surface area contributed by atoms with Gasteiger partial charge in [-0.2, -0.15) is 0 Å². The Morgan fingerprint density at radius 1 is 1.36 bits per heavy atom. The zero-order valence-corrected chi connectivity index (χ0v) is 6.56. The van der Waals surface area contributed by atoms with E-state index in [1.54, 1.807) is 0 Å². The molecule has 0 amide bonds. The summed E-state index contributed by atoms with van der Waals surface area (Å²) in [6.07, 6.45) is 1.15. The molecule has 0 aromatic heterocycles.